The minimum atomic E-state index is -0.768. The molecule has 1 saturated carbocycles. The van der Waals surface area contributed by atoms with Crippen LogP contribution in [0.4, 0.5) is 0 Å². The van der Waals surface area contributed by atoms with E-state index in [0.29, 0.717) is 23.7 Å². The minimum Gasteiger partial charge on any atom is -0.507 e. The number of rotatable bonds is 4. The van der Waals surface area contributed by atoms with Gasteiger partial charge in [0, 0.05) is 29.0 Å². The predicted molar refractivity (Wildman–Crippen MR) is 154 cm³/mol. The Hall–Kier alpha value is -3.90. The molecule has 3 aliphatic rings. The van der Waals surface area contributed by atoms with Crippen molar-refractivity contribution in [1.82, 2.24) is 0 Å². The molecule has 1 fully saturated rings. The number of aliphatic hydroxyl groups is 1. The lowest BCUT2D eigenvalue weighted by molar-refractivity contribution is 0.0201. The molecule has 1 heterocycles. The Labute approximate surface area is 233 Å². The second kappa shape index (κ2) is 9.93. The predicted octanol–water partition coefficient (Wildman–Crippen LogP) is 6.77. The molecule has 7 rings (SSSR count). The van der Waals surface area contributed by atoms with E-state index in [-0.39, 0.29) is 17.6 Å². The van der Waals surface area contributed by atoms with Crippen LogP contribution in [0.25, 0.3) is 21.9 Å². The van der Waals surface area contributed by atoms with Gasteiger partial charge in [0.2, 0.25) is 0 Å². The molecule has 0 radical (unpaired) electrons. The lowest BCUT2D eigenvalue weighted by atomic mass is 9.78. The van der Waals surface area contributed by atoms with Gasteiger partial charge in [-0.1, -0.05) is 36.8 Å². The fourth-order valence-electron chi connectivity index (χ4n) is 6.92. The molecule has 206 valence electrons. The van der Waals surface area contributed by atoms with Crippen molar-refractivity contribution >= 4 is 10.8 Å². The van der Waals surface area contributed by atoms with E-state index in [2.05, 4.69) is 0 Å². The highest BCUT2D eigenvalue weighted by Gasteiger charge is 2.36. The van der Waals surface area contributed by atoms with Crippen molar-refractivity contribution < 1.29 is 29.5 Å². The van der Waals surface area contributed by atoms with Crippen LogP contribution >= 0.6 is 0 Å². The van der Waals surface area contributed by atoms with Gasteiger partial charge in [-0.25, -0.2) is 0 Å². The molecular formula is C34H34O6. The van der Waals surface area contributed by atoms with Gasteiger partial charge in [-0.3, -0.25) is 0 Å². The molecule has 2 atom stereocenters. The third kappa shape index (κ3) is 4.13. The van der Waals surface area contributed by atoms with E-state index in [1.807, 2.05) is 42.5 Å². The molecule has 3 N–H and O–H groups in total. The summed E-state index contributed by atoms with van der Waals surface area (Å²) in [4.78, 5) is 0. The van der Waals surface area contributed by atoms with Crippen molar-refractivity contribution in [2.24, 2.45) is 0 Å². The summed E-state index contributed by atoms with van der Waals surface area (Å²) in [5, 5.41) is 34.4. The number of phenolic OH excluding ortho intramolecular Hbond substituents is 2. The normalized spacial score (nSPS) is 20.2. The van der Waals surface area contributed by atoms with Gasteiger partial charge in [0.15, 0.2) is 11.5 Å². The largest absolute Gasteiger partial charge is 0.507 e. The Kier molecular flexibility index (Phi) is 6.23. The van der Waals surface area contributed by atoms with Crippen molar-refractivity contribution in [3.8, 4) is 39.9 Å². The van der Waals surface area contributed by atoms with Crippen molar-refractivity contribution in [2.45, 2.75) is 69.7 Å². The molecule has 4 aromatic rings. The quantitative estimate of drug-likeness (QED) is 0.266. The van der Waals surface area contributed by atoms with Crippen LogP contribution in [-0.4, -0.2) is 34.6 Å². The SMILES string of the molecule is COc1cc2c(c3c1-c1c(cc(O)c4ccccc14)CC3)C[C@@H](O)[C@H](c1ccc(O)c(OC3CCCCC3)c1)O2. The van der Waals surface area contributed by atoms with E-state index in [9.17, 15) is 15.3 Å². The standard InChI is InChI=1S/C34H34O6/c1-38-31-18-29-25(24-13-11-19-15-27(36)22-9-5-6-10-23(22)32(19)33(24)31)17-28(37)34(40-29)20-12-14-26(35)30(16-20)39-21-7-3-2-4-8-21/h5-6,9-10,12,14-16,18,21,28,34-37H,2-4,7-8,11,13,17H2,1H3/t28-,34+/m1/s1. The van der Waals surface area contributed by atoms with Crippen LogP contribution < -0.4 is 14.2 Å². The van der Waals surface area contributed by atoms with Gasteiger partial charge >= 0.3 is 0 Å². The average molecular weight is 539 g/mol. The number of methoxy groups -OCH3 is 1. The Bertz CT molecular complexity index is 1600. The monoisotopic (exact) mass is 538 g/mol. The molecule has 0 unspecified atom stereocenters. The van der Waals surface area contributed by atoms with E-state index in [0.717, 1.165) is 82.7 Å². The smallest absolute Gasteiger partial charge is 0.161 e. The molecule has 1 aliphatic heterocycles. The molecule has 0 aromatic heterocycles. The summed E-state index contributed by atoms with van der Waals surface area (Å²) < 4.78 is 18.6. The highest BCUT2D eigenvalue weighted by atomic mass is 16.5. The molecule has 0 amide bonds. The first-order valence-corrected chi connectivity index (χ1v) is 14.3. The first-order valence-electron chi connectivity index (χ1n) is 14.3. The summed E-state index contributed by atoms with van der Waals surface area (Å²) in [6.07, 6.45) is 6.20. The Morgan fingerprint density at radius 3 is 2.40 bits per heavy atom. The number of hydrogen-bond donors (Lipinski definition) is 3. The van der Waals surface area contributed by atoms with Gasteiger partial charge < -0.3 is 29.5 Å². The van der Waals surface area contributed by atoms with Crippen LogP contribution in [0.2, 0.25) is 0 Å². The molecule has 0 spiro atoms. The number of benzene rings is 4. The number of phenols is 2. The van der Waals surface area contributed by atoms with Crippen LogP contribution in [-0.2, 0) is 19.3 Å². The maximum atomic E-state index is 11.4. The van der Waals surface area contributed by atoms with Gasteiger partial charge in [0.25, 0.3) is 0 Å². The van der Waals surface area contributed by atoms with Gasteiger partial charge in [0.1, 0.15) is 23.4 Å². The summed E-state index contributed by atoms with van der Waals surface area (Å²) in [7, 11) is 1.67. The van der Waals surface area contributed by atoms with Crippen LogP contribution in [0.15, 0.2) is 54.6 Å². The first kappa shape index (κ1) is 25.1. The topological polar surface area (TPSA) is 88.4 Å². The lowest BCUT2D eigenvalue weighted by Crippen LogP contribution is -2.31. The summed E-state index contributed by atoms with van der Waals surface area (Å²) in [6.45, 7) is 0. The molecule has 2 aliphatic carbocycles. The maximum Gasteiger partial charge on any atom is 0.161 e. The van der Waals surface area contributed by atoms with Gasteiger partial charge in [-0.2, -0.15) is 0 Å². The highest BCUT2D eigenvalue weighted by molar-refractivity contribution is 6.04. The van der Waals surface area contributed by atoms with Gasteiger partial charge in [-0.15, -0.1) is 0 Å². The Morgan fingerprint density at radius 1 is 0.800 bits per heavy atom. The summed E-state index contributed by atoms with van der Waals surface area (Å²) in [6, 6.07) is 16.9. The molecule has 4 aromatic carbocycles. The molecular weight excluding hydrogens is 504 g/mol. The van der Waals surface area contributed by atoms with Crippen molar-refractivity contribution in [3.05, 3.63) is 76.9 Å². The zero-order chi connectivity index (χ0) is 27.4. The van der Waals surface area contributed by atoms with Crippen molar-refractivity contribution in [1.29, 1.82) is 0 Å². The van der Waals surface area contributed by atoms with Crippen molar-refractivity contribution in [2.75, 3.05) is 7.11 Å². The first-order chi connectivity index (χ1) is 19.5. The van der Waals surface area contributed by atoms with Crippen LogP contribution in [0.5, 0.6) is 28.7 Å². The summed E-state index contributed by atoms with van der Waals surface area (Å²) >= 11 is 0. The van der Waals surface area contributed by atoms with E-state index < -0.39 is 12.2 Å². The molecule has 6 nitrogen and oxygen atoms in total. The molecule has 40 heavy (non-hydrogen) atoms. The van der Waals surface area contributed by atoms with E-state index >= 15 is 0 Å². The Balaban J connectivity index is 1.28. The summed E-state index contributed by atoms with van der Waals surface area (Å²) in [5.74, 6) is 2.26. The zero-order valence-electron chi connectivity index (χ0n) is 22.7. The van der Waals surface area contributed by atoms with E-state index in [4.69, 9.17) is 14.2 Å². The second-order valence-electron chi connectivity index (χ2n) is 11.3. The zero-order valence-corrected chi connectivity index (χ0v) is 22.7. The van der Waals surface area contributed by atoms with Crippen LogP contribution in [0, 0.1) is 0 Å². The number of fused-ring (bicyclic) bond motifs is 7. The number of hydrogen-bond acceptors (Lipinski definition) is 6. The second-order valence-corrected chi connectivity index (χ2v) is 11.3. The fraction of sp³-hybridized carbons (Fsp3) is 0.353. The number of aryl methyl sites for hydroxylation is 1. The number of aromatic hydroxyl groups is 2. The molecule has 6 heteroatoms. The van der Waals surface area contributed by atoms with Crippen molar-refractivity contribution in [3.63, 3.8) is 0 Å². The summed E-state index contributed by atoms with van der Waals surface area (Å²) in [5.41, 5.74) is 6.08. The highest BCUT2D eigenvalue weighted by Crippen LogP contribution is 2.51. The van der Waals surface area contributed by atoms with E-state index in [1.165, 1.54) is 6.42 Å². The number of ether oxygens (including phenoxy) is 3. The average Bonchev–Trinajstić information content (AvgIpc) is 2.98. The van der Waals surface area contributed by atoms with Gasteiger partial charge in [0.05, 0.1) is 19.3 Å². The van der Waals surface area contributed by atoms with E-state index in [1.54, 1.807) is 19.2 Å². The third-order valence-electron chi connectivity index (χ3n) is 8.87. The fourth-order valence-corrected chi connectivity index (χ4v) is 6.92. The third-order valence-corrected chi connectivity index (χ3v) is 8.87. The molecule has 0 bridgehead atoms. The maximum absolute atomic E-state index is 11.4. The Morgan fingerprint density at radius 2 is 1.60 bits per heavy atom. The van der Waals surface area contributed by atoms with Crippen LogP contribution in [0.3, 0.4) is 0 Å². The minimum absolute atomic E-state index is 0.101. The number of aliphatic hydroxyl groups excluding tert-OH is 1. The lowest BCUT2D eigenvalue weighted by Gasteiger charge is -2.35. The van der Waals surface area contributed by atoms with Gasteiger partial charge in [-0.05, 0) is 84.4 Å². The molecule has 0 saturated heterocycles. The van der Waals surface area contributed by atoms with Crippen LogP contribution in [0.1, 0.15) is 60.5 Å².